The number of carboxylic acid groups (broad SMARTS) is 1. The Labute approximate surface area is 121 Å². The Balaban J connectivity index is 2.09. The average Bonchev–Trinajstić information content (AvgIpc) is 2.95. The zero-order chi connectivity index (χ0) is 14.5. The molecule has 0 aliphatic carbocycles. The Morgan fingerprint density at radius 1 is 1.10 bits per heavy atom. The van der Waals surface area contributed by atoms with Crippen molar-refractivity contribution in [3.63, 3.8) is 0 Å². The molecule has 1 heterocycles. The first-order chi connectivity index (χ1) is 9.60. The standard InChI is InChI=1S/C16H14O3S/c1-2-11-3-5-12(6-4-11)7-8-13(17)14-9-10-15(20-14)16(18)19/h3-10H,2H2,1H3,(H,18,19)/p-1/b8-7+. The van der Waals surface area contributed by atoms with Crippen molar-refractivity contribution in [2.45, 2.75) is 13.3 Å². The lowest BCUT2D eigenvalue weighted by atomic mass is 10.1. The van der Waals surface area contributed by atoms with Gasteiger partial charge in [-0.2, -0.15) is 0 Å². The molecule has 0 atom stereocenters. The average molecular weight is 285 g/mol. The summed E-state index contributed by atoms with van der Waals surface area (Å²) in [4.78, 5) is 23.0. The minimum absolute atomic E-state index is 0.0639. The van der Waals surface area contributed by atoms with E-state index < -0.39 is 5.97 Å². The number of hydrogen-bond acceptors (Lipinski definition) is 4. The van der Waals surface area contributed by atoms with Crippen molar-refractivity contribution in [2.75, 3.05) is 0 Å². The third-order valence-electron chi connectivity index (χ3n) is 2.87. The highest BCUT2D eigenvalue weighted by molar-refractivity contribution is 7.16. The second kappa shape index (κ2) is 6.30. The number of hydrogen-bond donors (Lipinski definition) is 0. The summed E-state index contributed by atoms with van der Waals surface area (Å²) in [6.07, 6.45) is 4.15. The molecule has 0 amide bonds. The quantitative estimate of drug-likeness (QED) is 0.626. The molecule has 0 spiro atoms. The maximum atomic E-state index is 11.9. The van der Waals surface area contributed by atoms with Crippen LogP contribution in [0.5, 0.6) is 0 Å². The second-order valence-electron chi connectivity index (χ2n) is 4.24. The Morgan fingerprint density at radius 2 is 1.75 bits per heavy atom. The van der Waals surface area contributed by atoms with E-state index in [2.05, 4.69) is 6.92 Å². The summed E-state index contributed by atoms with van der Waals surface area (Å²) in [6, 6.07) is 10.8. The zero-order valence-corrected chi connectivity index (χ0v) is 11.8. The summed E-state index contributed by atoms with van der Waals surface area (Å²) in [5, 5.41) is 10.6. The van der Waals surface area contributed by atoms with Crippen LogP contribution in [0.2, 0.25) is 0 Å². The molecule has 0 radical (unpaired) electrons. The number of benzene rings is 1. The predicted molar refractivity (Wildman–Crippen MR) is 77.8 cm³/mol. The van der Waals surface area contributed by atoms with Crippen LogP contribution in [0.25, 0.3) is 6.08 Å². The Hall–Kier alpha value is -2.20. The maximum Gasteiger partial charge on any atom is 0.195 e. The fourth-order valence-electron chi connectivity index (χ4n) is 1.70. The zero-order valence-electron chi connectivity index (χ0n) is 11.0. The van der Waals surface area contributed by atoms with E-state index in [0.29, 0.717) is 4.88 Å². The van der Waals surface area contributed by atoms with E-state index >= 15 is 0 Å². The van der Waals surface area contributed by atoms with Gasteiger partial charge in [0.1, 0.15) is 0 Å². The van der Waals surface area contributed by atoms with Gasteiger partial charge in [0.05, 0.1) is 15.7 Å². The molecule has 1 aromatic carbocycles. The smallest absolute Gasteiger partial charge is 0.195 e. The number of allylic oxidation sites excluding steroid dienone is 1. The van der Waals surface area contributed by atoms with E-state index in [0.717, 1.165) is 23.3 Å². The van der Waals surface area contributed by atoms with E-state index in [1.807, 2.05) is 24.3 Å². The molecule has 1 aromatic heterocycles. The number of carbonyl (C=O) groups is 2. The number of ketones is 1. The van der Waals surface area contributed by atoms with Crippen molar-refractivity contribution in [3.05, 3.63) is 63.4 Å². The molecule has 20 heavy (non-hydrogen) atoms. The number of carbonyl (C=O) groups excluding carboxylic acids is 2. The van der Waals surface area contributed by atoms with Gasteiger partial charge >= 0.3 is 0 Å². The van der Waals surface area contributed by atoms with Crippen LogP contribution >= 0.6 is 11.3 Å². The number of rotatable bonds is 5. The number of carboxylic acids is 1. The highest BCUT2D eigenvalue weighted by Crippen LogP contribution is 2.17. The van der Waals surface area contributed by atoms with E-state index in [9.17, 15) is 14.7 Å². The Morgan fingerprint density at radius 3 is 2.30 bits per heavy atom. The number of aromatic carboxylic acids is 1. The molecule has 2 aromatic rings. The first-order valence-corrected chi connectivity index (χ1v) is 7.04. The van der Waals surface area contributed by atoms with Crippen molar-refractivity contribution in [2.24, 2.45) is 0 Å². The molecule has 0 N–H and O–H groups in total. The van der Waals surface area contributed by atoms with Gasteiger partial charge in [0.25, 0.3) is 0 Å². The van der Waals surface area contributed by atoms with Gasteiger partial charge in [0.2, 0.25) is 0 Å². The number of aryl methyl sites for hydroxylation is 1. The SMILES string of the molecule is CCc1ccc(/C=C/C(=O)c2ccc(C(=O)[O-])s2)cc1. The van der Waals surface area contributed by atoms with Gasteiger partial charge in [0.15, 0.2) is 5.78 Å². The van der Waals surface area contributed by atoms with Crippen LogP contribution in [0, 0.1) is 0 Å². The van der Waals surface area contributed by atoms with Gasteiger partial charge in [-0.1, -0.05) is 37.3 Å². The first-order valence-electron chi connectivity index (χ1n) is 6.22. The molecule has 0 aliphatic heterocycles. The second-order valence-corrected chi connectivity index (χ2v) is 5.33. The summed E-state index contributed by atoms with van der Waals surface area (Å²) in [6.45, 7) is 2.08. The van der Waals surface area contributed by atoms with Crippen LogP contribution in [0.1, 0.15) is 37.4 Å². The van der Waals surface area contributed by atoms with Crippen LogP contribution in [0.3, 0.4) is 0 Å². The third-order valence-corrected chi connectivity index (χ3v) is 3.95. The Bertz CT molecular complexity index is 651. The van der Waals surface area contributed by atoms with Gasteiger partial charge in [-0.15, -0.1) is 11.3 Å². The van der Waals surface area contributed by atoms with Gasteiger partial charge in [0, 0.05) is 0 Å². The molecule has 0 aliphatic rings. The van der Waals surface area contributed by atoms with Crippen LogP contribution in [0.4, 0.5) is 0 Å². The molecule has 3 nitrogen and oxygen atoms in total. The van der Waals surface area contributed by atoms with Crippen molar-refractivity contribution in [3.8, 4) is 0 Å². The summed E-state index contributed by atoms with van der Waals surface area (Å²) in [5.74, 6) is -1.46. The van der Waals surface area contributed by atoms with E-state index in [4.69, 9.17) is 0 Å². The van der Waals surface area contributed by atoms with Crippen molar-refractivity contribution in [1.29, 1.82) is 0 Å². The van der Waals surface area contributed by atoms with Gasteiger partial charge in [-0.3, -0.25) is 4.79 Å². The van der Waals surface area contributed by atoms with E-state index in [1.54, 1.807) is 6.08 Å². The monoisotopic (exact) mass is 285 g/mol. The number of thiophene rings is 1. The van der Waals surface area contributed by atoms with Gasteiger partial charge < -0.3 is 9.90 Å². The fourth-order valence-corrected chi connectivity index (χ4v) is 2.46. The normalized spacial score (nSPS) is 10.8. The molecule has 102 valence electrons. The molecular formula is C16H13O3S-. The summed E-state index contributed by atoms with van der Waals surface area (Å²) in [5.41, 5.74) is 2.18. The van der Waals surface area contributed by atoms with Gasteiger partial charge in [-0.25, -0.2) is 0 Å². The minimum Gasteiger partial charge on any atom is -0.544 e. The molecule has 0 fully saturated rings. The molecule has 0 unspecified atom stereocenters. The first kappa shape index (κ1) is 14.2. The summed E-state index contributed by atoms with van der Waals surface area (Å²) in [7, 11) is 0. The van der Waals surface area contributed by atoms with Crippen LogP contribution in [-0.2, 0) is 6.42 Å². The molecule has 4 heteroatoms. The fraction of sp³-hybridized carbons (Fsp3) is 0.125. The summed E-state index contributed by atoms with van der Waals surface area (Å²) < 4.78 is 0. The van der Waals surface area contributed by atoms with Crippen molar-refractivity contribution < 1.29 is 14.7 Å². The molecule has 0 bridgehead atoms. The Kier molecular flexibility index (Phi) is 4.48. The van der Waals surface area contributed by atoms with Crippen LogP contribution in [0.15, 0.2) is 42.5 Å². The van der Waals surface area contributed by atoms with Crippen molar-refractivity contribution in [1.82, 2.24) is 0 Å². The van der Waals surface area contributed by atoms with Gasteiger partial charge in [-0.05, 0) is 35.8 Å². The summed E-state index contributed by atoms with van der Waals surface area (Å²) >= 11 is 0.927. The predicted octanol–water partition coefficient (Wildman–Crippen LogP) is 2.57. The lowest BCUT2D eigenvalue weighted by Crippen LogP contribution is -2.20. The topological polar surface area (TPSA) is 57.2 Å². The molecular weight excluding hydrogens is 272 g/mol. The lowest BCUT2D eigenvalue weighted by molar-refractivity contribution is -0.254. The van der Waals surface area contributed by atoms with Crippen LogP contribution in [-0.4, -0.2) is 11.8 Å². The lowest BCUT2D eigenvalue weighted by Gasteiger charge is -1.97. The molecule has 2 rings (SSSR count). The van der Waals surface area contributed by atoms with E-state index in [-0.39, 0.29) is 10.7 Å². The maximum absolute atomic E-state index is 11.9. The molecule has 0 saturated carbocycles. The van der Waals surface area contributed by atoms with Crippen molar-refractivity contribution >= 4 is 29.2 Å². The third kappa shape index (κ3) is 3.42. The highest BCUT2D eigenvalue weighted by Gasteiger charge is 2.06. The highest BCUT2D eigenvalue weighted by atomic mass is 32.1. The minimum atomic E-state index is -1.26. The van der Waals surface area contributed by atoms with Crippen LogP contribution < -0.4 is 5.11 Å². The van der Waals surface area contributed by atoms with E-state index in [1.165, 1.54) is 23.8 Å². The largest absolute Gasteiger partial charge is 0.544 e. The molecule has 0 saturated heterocycles.